The van der Waals surface area contributed by atoms with Gasteiger partial charge in [0.15, 0.2) is 0 Å². The lowest BCUT2D eigenvalue weighted by Gasteiger charge is -2.06. The monoisotopic (exact) mass is 297 g/mol. The average Bonchev–Trinajstić information content (AvgIpc) is 2.53. The third-order valence-electron chi connectivity index (χ3n) is 3.07. The summed E-state index contributed by atoms with van der Waals surface area (Å²) < 4.78 is 5.69. The van der Waals surface area contributed by atoms with Gasteiger partial charge in [0.05, 0.1) is 18.2 Å². The van der Waals surface area contributed by atoms with Gasteiger partial charge in [0, 0.05) is 5.75 Å². The highest BCUT2D eigenvalue weighted by atomic mass is 32.2. The van der Waals surface area contributed by atoms with Crippen LogP contribution in [0.1, 0.15) is 23.1 Å². The highest BCUT2D eigenvalue weighted by molar-refractivity contribution is 7.98. The summed E-state index contributed by atoms with van der Waals surface area (Å²) in [7, 11) is 0. The third-order valence-corrected chi connectivity index (χ3v) is 4.19. The van der Waals surface area contributed by atoms with Crippen molar-refractivity contribution in [3.8, 4) is 11.8 Å². The van der Waals surface area contributed by atoms with Gasteiger partial charge in [-0.15, -0.1) is 0 Å². The highest BCUT2D eigenvalue weighted by Crippen LogP contribution is 2.15. The first-order valence-electron chi connectivity index (χ1n) is 7.04. The maximum Gasteiger partial charge on any atom is 0.119 e. The van der Waals surface area contributed by atoms with E-state index in [0.717, 1.165) is 35.8 Å². The first-order valence-corrected chi connectivity index (χ1v) is 8.19. The molecule has 0 radical (unpaired) electrons. The van der Waals surface area contributed by atoms with Crippen LogP contribution in [-0.4, -0.2) is 12.4 Å². The van der Waals surface area contributed by atoms with Gasteiger partial charge < -0.3 is 4.74 Å². The zero-order valence-corrected chi connectivity index (χ0v) is 13.0. The largest absolute Gasteiger partial charge is 0.494 e. The summed E-state index contributed by atoms with van der Waals surface area (Å²) in [4.78, 5) is 0. The SMILES string of the molecule is Cc1ccc(OCCCSCc2ccc(C#N)cc2)cc1. The smallest absolute Gasteiger partial charge is 0.119 e. The minimum absolute atomic E-state index is 0.718. The van der Waals surface area contributed by atoms with Gasteiger partial charge >= 0.3 is 0 Å². The van der Waals surface area contributed by atoms with Crippen LogP contribution in [0.3, 0.4) is 0 Å². The minimum atomic E-state index is 0.718. The van der Waals surface area contributed by atoms with E-state index in [1.807, 2.05) is 48.2 Å². The van der Waals surface area contributed by atoms with E-state index < -0.39 is 0 Å². The predicted molar refractivity (Wildman–Crippen MR) is 88.6 cm³/mol. The summed E-state index contributed by atoms with van der Waals surface area (Å²) >= 11 is 1.89. The van der Waals surface area contributed by atoms with Crippen LogP contribution in [0.4, 0.5) is 0 Å². The zero-order valence-electron chi connectivity index (χ0n) is 12.2. The second-order valence-electron chi connectivity index (χ2n) is 4.88. The Morgan fingerprint density at radius 3 is 2.43 bits per heavy atom. The van der Waals surface area contributed by atoms with Gasteiger partial charge in [-0.2, -0.15) is 17.0 Å². The molecule has 21 heavy (non-hydrogen) atoms. The van der Waals surface area contributed by atoms with Gasteiger partial charge in [-0.25, -0.2) is 0 Å². The number of nitrogens with zero attached hydrogens (tertiary/aromatic N) is 1. The molecule has 0 atom stereocenters. The molecule has 0 saturated heterocycles. The molecule has 0 fully saturated rings. The van der Waals surface area contributed by atoms with Gasteiger partial charge in [-0.05, 0) is 48.9 Å². The number of benzene rings is 2. The van der Waals surface area contributed by atoms with Crippen LogP contribution in [0.2, 0.25) is 0 Å². The number of aryl methyl sites for hydroxylation is 1. The molecular formula is C18H19NOS. The molecule has 0 amide bonds. The minimum Gasteiger partial charge on any atom is -0.494 e. The molecular weight excluding hydrogens is 278 g/mol. The van der Waals surface area contributed by atoms with Gasteiger partial charge in [0.25, 0.3) is 0 Å². The average molecular weight is 297 g/mol. The van der Waals surface area contributed by atoms with Crippen molar-refractivity contribution in [2.45, 2.75) is 19.1 Å². The first-order chi connectivity index (χ1) is 10.3. The molecule has 0 N–H and O–H groups in total. The number of thioether (sulfide) groups is 1. The number of nitriles is 1. The van der Waals surface area contributed by atoms with E-state index in [1.165, 1.54) is 11.1 Å². The van der Waals surface area contributed by atoms with E-state index in [1.54, 1.807) is 0 Å². The standard InChI is InChI=1S/C18H19NOS/c1-15-3-9-18(10-4-15)20-11-2-12-21-14-17-7-5-16(13-19)6-8-17/h3-10H,2,11-12,14H2,1H3. The summed E-state index contributed by atoms with van der Waals surface area (Å²) in [5.74, 6) is 3.00. The quantitative estimate of drug-likeness (QED) is 0.702. The molecule has 0 saturated carbocycles. The molecule has 2 aromatic carbocycles. The van der Waals surface area contributed by atoms with Crippen LogP contribution in [0.25, 0.3) is 0 Å². The van der Waals surface area contributed by atoms with Crippen molar-refractivity contribution in [3.05, 3.63) is 65.2 Å². The summed E-state index contributed by atoms with van der Waals surface area (Å²) in [5.41, 5.74) is 3.23. The molecule has 0 spiro atoms. The lowest BCUT2D eigenvalue weighted by Crippen LogP contribution is -1.98. The van der Waals surface area contributed by atoms with Crippen molar-refractivity contribution in [1.82, 2.24) is 0 Å². The molecule has 108 valence electrons. The topological polar surface area (TPSA) is 33.0 Å². The Kier molecular flexibility index (Phi) is 6.18. The highest BCUT2D eigenvalue weighted by Gasteiger charge is 1.97. The summed E-state index contributed by atoms with van der Waals surface area (Å²) in [5, 5.41) is 8.74. The summed E-state index contributed by atoms with van der Waals surface area (Å²) in [6, 6.07) is 18.1. The van der Waals surface area contributed by atoms with Crippen LogP contribution in [-0.2, 0) is 5.75 Å². The van der Waals surface area contributed by atoms with Gasteiger partial charge in [-0.1, -0.05) is 29.8 Å². The lowest BCUT2D eigenvalue weighted by molar-refractivity contribution is 0.318. The molecule has 0 aromatic heterocycles. The normalized spacial score (nSPS) is 10.1. The Hall–Kier alpha value is -1.92. The van der Waals surface area contributed by atoms with Crippen LogP contribution < -0.4 is 4.74 Å². The molecule has 2 nitrogen and oxygen atoms in total. The Labute approximate surface area is 130 Å². The fraction of sp³-hybridized carbons (Fsp3) is 0.278. The van der Waals surface area contributed by atoms with Crippen molar-refractivity contribution in [2.24, 2.45) is 0 Å². The second kappa shape index (κ2) is 8.39. The Morgan fingerprint density at radius 1 is 1.05 bits per heavy atom. The number of hydrogen-bond donors (Lipinski definition) is 0. The van der Waals surface area contributed by atoms with Crippen LogP contribution in [0, 0.1) is 18.3 Å². The maximum atomic E-state index is 8.74. The molecule has 2 aromatic rings. The van der Waals surface area contributed by atoms with Crippen LogP contribution in [0.15, 0.2) is 48.5 Å². The molecule has 0 aliphatic rings. The molecule has 0 unspecified atom stereocenters. The summed E-state index contributed by atoms with van der Waals surface area (Å²) in [6.07, 6.45) is 1.04. The van der Waals surface area contributed by atoms with Crippen LogP contribution >= 0.6 is 11.8 Å². The van der Waals surface area contributed by atoms with E-state index in [2.05, 4.69) is 25.1 Å². The Morgan fingerprint density at radius 2 is 1.76 bits per heavy atom. The van der Waals surface area contributed by atoms with E-state index in [-0.39, 0.29) is 0 Å². The molecule has 3 heteroatoms. The molecule has 2 rings (SSSR count). The zero-order chi connectivity index (χ0) is 14.9. The molecule has 0 bridgehead atoms. The fourth-order valence-corrected chi connectivity index (χ4v) is 2.75. The number of rotatable bonds is 7. The third kappa shape index (κ3) is 5.53. The lowest BCUT2D eigenvalue weighted by atomic mass is 10.2. The predicted octanol–water partition coefficient (Wildman–Crippen LogP) is 4.57. The van der Waals surface area contributed by atoms with E-state index in [4.69, 9.17) is 10.00 Å². The maximum absolute atomic E-state index is 8.74. The van der Waals surface area contributed by atoms with E-state index in [9.17, 15) is 0 Å². The van der Waals surface area contributed by atoms with Crippen molar-refractivity contribution in [1.29, 1.82) is 5.26 Å². The number of hydrogen-bond acceptors (Lipinski definition) is 3. The molecule has 0 aliphatic carbocycles. The van der Waals surface area contributed by atoms with Crippen molar-refractivity contribution in [2.75, 3.05) is 12.4 Å². The van der Waals surface area contributed by atoms with Gasteiger partial charge in [-0.3, -0.25) is 0 Å². The van der Waals surface area contributed by atoms with Crippen molar-refractivity contribution >= 4 is 11.8 Å². The fourth-order valence-electron chi connectivity index (χ4n) is 1.85. The summed E-state index contributed by atoms with van der Waals surface area (Å²) in [6.45, 7) is 2.83. The van der Waals surface area contributed by atoms with Crippen molar-refractivity contribution < 1.29 is 4.74 Å². The molecule has 0 aliphatic heterocycles. The van der Waals surface area contributed by atoms with Crippen LogP contribution in [0.5, 0.6) is 5.75 Å². The van der Waals surface area contributed by atoms with Crippen molar-refractivity contribution in [3.63, 3.8) is 0 Å². The van der Waals surface area contributed by atoms with E-state index in [0.29, 0.717) is 0 Å². The van der Waals surface area contributed by atoms with Gasteiger partial charge in [0.2, 0.25) is 0 Å². The second-order valence-corrected chi connectivity index (χ2v) is 5.98. The van der Waals surface area contributed by atoms with Gasteiger partial charge in [0.1, 0.15) is 5.75 Å². The number of ether oxygens (including phenoxy) is 1. The first kappa shape index (κ1) is 15.5. The molecule has 0 heterocycles. The Balaban J connectivity index is 1.59. The Bertz CT molecular complexity index is 584. The van der Waals surface area contributed by atoms with E-state index >= 15 is 0 Å².